The second-order valence-electron chi connectivity index (χ2n) is 7.06. The fourth-order valence-corrected chi connectivity index (χ4v) is 3.86. The highest BCUT2D eigenvalue weighted by Gasteiger charge is 2.18. The van der Waals surface area contributed by atoms with Gasteiger partial charge in [0, 0.05) is 5.02 Å². The van der Waals surface area contributed by atoms with Crippen LogP contribution < -0.4 is 11.2 Å². The number of hydrogen-bond donors (Lipinski definition) is 0. The molecule has 0 bridgehead atoms. The lowest BCUT2D eigenvalue weighted by Crippen LogP contribution is -2.27. The van der Waals surface area contributed by atoms with E-state index in [2.05, 4.69) is 5.10 Å². The molecule has 5 aromatic rings. The summed E-state index contributed by atoms with van der Waals surface area (Å²) in [5, 5.41) is 5.56. The smallest absolute Gasteiger partial charge is 0.272 e. The number of aromatic nitrogens is 4. The van der Waals surface area contributed by atoms with E-state index in [0.29, 0.717) is 28.2 Å². The van der Waals surface area contributed by atoms with Gasteiger partial charge < -0.3 is 0 Å². The minimum Gasteiger partial charge on any atom is -0.272 e. The summed E-state index contributed by atoms with van der Waals surface area (Å²) in [4.78, 5) is 26.5. The lowest BCUT2D eigenvalue weighted by molar-refractivity contribution is 0.655. The molecule has 0 unspecified atom stereocenters. The summed E-state index contributed by atoms with van der Waals surface area (Å²) >= 11 is 6.28. The molecule has 0 aliphatic carbocycles. The van der Waals surface area contributed by atoms with Crippen LogP contribution in [-0.2, 0) is 13.1 Å². The second kappa shape index (κ2) is 7.31. The molecule has 0 fully saturated rings. The molecule has 30 heavy (non-hydrogen) atoms. The maximum absolute atomic E-state index is 13.3. The van der Waals surface area contributed by atoms with E-state index in [1.54, 1.807) is 34.9 Å². The van der Waals surface area contributed by atoms with Crippen LogP contribution in [0.4, 0.5) is 0 Å². The van der Waals surface area contributed by atoms with Crippen molar-refractivity contribution in [3.05, 3.63) is 116 Å². The third kappa shape index (κ3) is 3.02. The Hall–Kier alpha value is -3.64. The van der Waals surface area contributed by atoms with Gasteiger partial charge in [-0.3, -0.25) is 9.36 Å². The highest BCUT2D eigenvalue weighted by molar-refractivity contribution is 6.31. The third-order valence-corrected chi connectivity index (χ3v) is 5.51. The number of nitrogens with zero attached hydrogens (tertiary/aromatic N) is 4. The molecule has 6 nitrogen and oxygen atoms in total. The summed E-state index contributed by atoms with van der Waals surface area (Å²) in [6, 6.07) is 24.1. The first-order chi connectivity index (χ1) is 14.6. The van der Waals surface area contributed by atoms with Crippen molar-refractivity contribution in [2.75, 3.05) is 0 Å². The Bertz CT molecular complexity index is 1500. The molecular formula is C23H17ClN4O2. The topological polar surface area (TPSA) is 61.3 Å². The van der Waals surface area contributed by atoms with Crippen LogP contribution in [0.25, 0.3) is 16.7 Å². The summed E-state index contributed by atoms with van der Waals surface area (Å²) in [6.07, 6.45) is 0. The molecule has 0 saturated carbocycles. The van der Waals surface area contributed by atoms with Crippen molar-refractivity contribution in [1.82, 2.24) is 18.7 Å². The van der Waals surface area contributed by atoms with Crippen molar-refractivity contribution in [2.45, 2.75) is 13.1 Å². The average molecular weight is 417 g/mol. The molecule has 0 radical (unpaired) electrons. The molecule has 2 heterocycles. The van der Waals surface area contributed by atoms with Crippen LogP contribution in [0.15, 0.2) is 88.5 Å². The van der Waals surface area contributed by atoms with Crippen LogP contribution >= 0.6 is 11.6 Å². The predicted molar refractivity (Wildman–Crippen MR) is 117 cm³/mol. The number of hydrogen-bond acceptors (Lipinski definition) is 3. The van der Waals surface area contributed by atoms with Gasteiger partial charge in [0.15, 0.2) is 0 Å². The van der Waals surface area contributed by atoms with E-state index in [9.17, 15) is 9.59 Å². The fourth-order valence-electron chi connectivity index (χ4n) is 3.67. The number of para-hydroxylation sites is 1. The first kappa shape index (κ1) is 18.4. The lowest BCUT2D eigenvalue weighted by Gasteiger charge is -2.09. The monoisotopic (exact) mass is 416 g/mol. The normalized spacial score (nSPS) is 11.4. The average Bonchev–Trinajstić information content (AvgIpc) is 3.09. The van der Waals surface area contributed by atoms with Gasteiger partial charge >= 0.3 is 5.69 Å². The van der Waals surface area contributed by atoms with E-state index in [1.165, 1.54) is 9.08 Å². The van der Waals surface area contributed by atoms with Gasteiger partial charge in [0.1, 0.15) is 0 Å². The van der Waals surface area contributed by atoms with Crippen molar-refractivity contribution in [3.63, 3.8) is 0 Å². The Balaban J connectivity index is 1.78. The van der Waals surface area contributed by atoms with Gasteiger partial charge in [-0.2, -0.15) is 0 Å². The Morgan fingerprint density at radius 2 is 1.50 bits per heavy atom. The second-order valence-corrected chi connectivity index (χ2v) is 7.47. The van der Waals surface area contributed by atoms with E-state index in [4.69, 9.17) is 11.6 Å². The zero-order chi connectivity index (χ0) is 20.7. The Kier molecular flexibility index (Phi) is 4.48. The molecular weight excluding hydrogens is 400 g/mol. The first-order valence-corrected chi connectivity index (χ1v) is 9.90. The zero-order valence-electron chi connectivity index (χ0n) is 15.9. The maximum atomic E-state index is 13.3. The van der Waals surface area contributed by atoms with Crippen LogP contribution in [0.1, 0.15) is 11.1 Å². The molecule has 0 aliphatic heterocycles. The van der Waals surface area contributed by atoms with Crippen LogP contribution in [0.3, 0.4) is 0 Å². The molecule has 0 N–H and O–H groups in total. The minimum absolute atomic E-state index is 0.183. The van der Waals surface area contributed by atoms with Gasteiger partial charge in [0.2, 0.25) is 5.78 Å². The lowest BCUT2D eigenvalue weighted by atomic mass is 10.2. The van der Waals surface area contributed by atoms with Gasteiger partial charge in [-0.15, -0.1) is 5.10 Å². The highest BCUT2D eigenvalue weighted by Crippen LogP contribution is 2.16. The van der Waals surface area contributed by atoms with Crippen LogP contribution in [-0.4, -0.2) is 18.7 Å². The largest absolute Gasteiger partial charge is 0.352 e. The predicted octanol–water partition coefficient (Wildman–Crippen LogP) is 3.56. The zero-order valence-corrected chi connectivity index (χ0v) is 16.7. The Morgan fingerprint density at radius 1 is 0.800 bits per heavy atom. The van der Waals surface area contributed by atoms with Gasteiger partial charge in [0.05, 0.1) is 24.0 Å². The number of rotatable bonds is 4. The van der Waals surface area contributed by atoms with Crippen molar-refractivity contribution in [3.8, 4) is 0 Å². The quantitative estimate of drug-likeness (QED) is 0.450. The van der Waals surface area contributed by atoms with E-state index in [1.807, 2.05) is 48.5 Å². The number of halogens is 1. The summed E-state index contributed by atoms with van der Waals surface area (Å²) in [7, 11) is 0. The fraction of sp³-hybridized carbons (Fsp3) is 0.0870. The molecule has 0 spiro atoms. The maximum Gasteiger partial charge on any atom is 0.352 e. The van der Waals surface area contributed by atoms with Crippen molar-refractivity contribution >= 4 is 28.3 Å². The van der Waals surface area contributed by atoms with Crippen molar-refractivity contribution in [2.24, 2.45) is 0 Å². The third-order valence-electron chi connectivity index (χ3n) is 5.15. The van der Waals surface area contributed by atoms with E-state index >= 15 is 0 Å². The Morgan fingerprint density at radius 3 is 2.30 bits per heavy atom. The summed E-state index contributed by atoms with van der Waals surface area (Å²) < 4.78 is 4.39. The van der Waals surface area contributed by atoms with Crippen LogP contribution in [0, 0.1) is 0 Å². The summed E-state index contributed by atoms with van der Waals surface area (Å²) in [5.41, 5.74) is 1.77. The molecule has 2 aromatic heterocycles. The van der Waals surface area contributed by atoms with Crippen LogP contribution in [0.5, 0.6) is 0 Å². The molecule has 0 aliphatic rings. The molecule has 3 aromatic carbocycles. The van der Waals surface area contributed by atoms with Gasteiger partial charge in [0.25, 0.3) is 5.56 Å². The Labute approximate surface area is 176 Å². The molecule has 0 atom stereocenters. The number of benzene rings is 3. The molecule has 0 saturated heterocycles. The highest BCUT2D eigenvalue weighted by atomic mass is 35.5. The molecule has 5 rings (SSSR count). The molecule has 7 heteroatoms. The van der Waals surface area contributed by atoms with Crippen molar-refractivity contribution in [1.29, 1.82) is 0 Å². The van der Waals surface area contributed by atoms with Gasteiger partial charge in [-0.25, -0.2) is 13.9 Å². The van der Waals surface area contributed by atoms with E-state index in [0.717, 1.165) is 11.1 Å². The van der Waals surface area contributed by atoms with E-state index < -0.39 is 0 Å². The van der Waals surface area contributed by atoms with Crippen LogP contribution in [0.2, 0.25) is 5.02 Å². The summed E-state index contributed by atoms with van der Waals surface area (Å²) in [5.74, 6) is 0.305. The first-order valence-electron chi connectivity index (χ1n) is 9.52. The van der Waals surface area contributed by atoms with Gasteiger partial charge in [-0.1, -0.05) is 72.3 Å². The minimum atomic E-state index is -0.317. The van der Waals surface area contributed by atoms with Gasteiger partial charge in [-0.05, 0) is 29.3 Å². The number of fused-ring (bicyclic) bond motifs is 3. The standard InChI is InChI=1S/C23H17ClN4O2/c24-19-12-6-4-10-17(19)15-27-23(30)28-20-13-7-5-11-18(20)21(29)26(22(28)25-27)14-16-8-2-1-3-9-16/h1-13H,14-15H2. The molecule has 0 amide bonds. The van der Waals surface area contributed by atoms with Crippen molar-refractivity contribution < 1.29 is 0 Å². The summed E-state index contributed by atoms with van der Waals surface area (Å²) in [6.45, 7) is 0.532. The van der Waals surface area contributed by atoms with E-state index in [-0.39, 0.29) is 17.8 Å². The SMILES string of the molecule is O=c1c2ccccc2n2c(=O)n(Cc3ccccc3Cl)nc2n1Cc1ccccc1. The molecule has 148 valence electrons.